The van der Waals surface area contributed by atoms with Gasteiger partial charge in [0.15, 0.2) is 0 Å². The maximum absolute atomic E-state index is 11.6. The second-order valence-electron chi connectivity index (χ2n) is 4.97. The van der Waals surface area contributed by atoms with Crippen molar-refractivity contribution in [2.45, 2.75) is 44.8 Å². The van der Waals surface area contributed by atoms with Crippen molar-refractivity contribution in [2.24, 2.45) is 0 Å². The van der Waals surface area contributed by atoms with E-state index in [2.05, 4.69) is 11.2 Å². The maximum atomic E-state index is 11.6. The molecule has 4 heteroatoms. The molecule has 1 saturated heterocycles. The molecule has 0 radical (unpaired) electrons. The summed E-state index contributed by atoms with van der Waals surface area (Å²) in [7, 11) is 0. The van der Waals surface area contributed by atoms with Crippen LogP contribution in [0.5, 0.6) is 0 Å². The lowest BCUT2D eigenvalue weighted by Crippen LogP contribution is -2.52. The summed E-state index contributed by atoms with van der Waals surface area (Å²) < 4.78 is 10.4. The Morgan fingerprint density at radius 2 is 2.00 bits per heavy atom. The van der Waals surface area contributed by atoms with E-state index in [4.69, 9.17) is 15.9 Å². The van der Waals surface area contributed by atoms with Gasteiger partial charge in [-0.3, -0.25) is 0 Å². The molecule has 0 aromatic rings. The van der Waals surface area contributed by atoms with Gasteiger partial charge in [-0.25, -0.2) is 4.79 Å². The van der Waals surface area contributed by atoms with E-state index in [0.29, 0.717) is 26.1 Å². The van der Waals surface area contributed by atoms with Crippen molar-refractivity contribution in [1.82, 2.24) is 5.32 Å². The number of hydrogen-bond donors (Lipinski definition) is 1. The zero-order chi connectivity index (χ0) is 12.2. The summed E-state index contributed by atoms with van der Waals surface area (Å²) in [6, 6.07) is 0. The van der Waals surface area contributed by atoms with Crippen molar-refractivity contribution in [3.63, 3.8) is 0 Å². The van der Waals surface area contributed by atoms with Crippen LogP contribution >= 0.6 is 0 Å². The fourth-order valence-corrected chi connectivity index (χ4v) is 1.52. The predicted molar refractivity (Wildman–Crippen MR) is 61.0 cm³/mol. The fourth-order valence-electron chi connectivity index (χ4n) is 1.52. The van der Waals surface area contributed by atoms with Crippen molar-refractivity contribution < 1.29 is 14.3 Å². The first-order valence-electron chi connectivity index (χ1n) is 5.44. The van der Waals surface area contributed by atoms with Gasteiger partial charge in [-0.1, -0.05) is 5.92 Å². The van der Waals surface area contributed by atoms with Crippen molar-refractivity contribution in [3.05, 3.63) is 0 Å². The van der Waals surface area contributed by atoms with Gasteiger partial charge in [0.1, 0.15) is 11.1 Å². The highest BCUT2D eigenvalue weighted by molar-refractivity contribution is 5.69. The molecule has 0 spiro atoms. The van der Waals surface area contributed by atoms with Crippen LogP contribution in [0.3, 0.4) is 0 Å². The molecule has 0 atom stereocenters. The van der Waals surface area contributed by atoms with Gasteiger partial charge in [0.25, 0.3) is 0 Å². The number of nitrogens with one attached hydrogen (secondary N) is 1. The van der Waals surface area contributed by atoms with Crippen molar-refractivity contribution in [1.29, 1.82) is 0 Å². The molecule has 0 aromatic carbocycles. The molecule has 0 unspecified atom stereocenters. The predicted octanol–water partition coefficient (Wildman–Crippen LogP) is 1.69. The molecule has 0 bridgehead atoms. The van der Waals surface area contributed by atoms with Crippen LogP contribution in [-0.4, -0.2) is 30.4 Å². The fraction of sp³-hybridized carbons (Fsp3) is 0.750. The molecule has 1 heterocycles. The standard InChI is InChI=1S/C12H19NO3/c1-5-12(6-8-15-9-7-12)13-10(14)16-11(2,3)4/h1H,6-9H2,2-4H3,(H,13,14). The van der Waals surface area contributed by atoms with Crippen molar-refractivity contribution in [2.75, 3.05) is 13.2 Å². The van der Waals surface area contributed by atoms with E-state index in [0.717, 1.165) is 0 Å². The molecule has 1 fully saturated rings. The molecule has 0 aromatic heterocycles. The largest absolute Gasteiger partial charge is 0.444 e. The molecule has 4 nitrogen and oxygen atoms in total. The smallest absolute Gasteiger partial charge is 0.408 e. The number of hydrogen-bond acceptors (Lipinski definition) is 3. The lowest BCUT2D eigenvalue weighted by molar-refractivity contribution is 0.0299. The van der Waals surface area contributed by atoms with Gasteiger partial charge in [0.2, 0.25) is 0 Å². The van der Waals surface area contributed by atoms with Gasteiger partial charge in [-0.05, 0) is 20.8 Å². The summed E-state index contributed by atoms with van der Waals surface area (Å²) in [6.07, 6.45) is 6.26. The summed E-state index contributed by atoms with van der Waals surface area (Å²) in [5.41, 5.74) is -1.12. The molecular weight excluding hydrogens is 206 g/mol. The van der Waals surface area contributed by atoms with E-state index in [1.165, 1.54) is 0 Å². The number of carbonyl (C=O) groups excluding carboxylic acids is 1. The van der Waals surface area contributed by atoms with Crippen LogP contribution in [-0.2, 0) is 9.47 Å². The summed E-state index contributed by atoms with van der Waals surface area (Å²) in [5.74, 6) is 2.64. The topological polar surface area (TPSA) is 47.6 Å². The zero-order valence-electron chi connectivity index (χ0n) is 10.1. The number of terminal acetylenes is 1. The first-order chi connectivity index (χ1) is 7.37. The molecule has 1 N–H and O–H groups in total. The highest BCUT2D eigenvalue weighted by atomic mass is 16.6. The van der Waals surface area contributed by atoms with Gasteiger partial charge < -0.3 is 14.8 Å². The van der Waals surface area contributed by atoms with E-state index in [1.807, 2.05) is 20.8 Å². The van der Waals surface area contributed by atoms with E-state index < -0.39 is 17.2 Å². The second kappa shape index (κ2) is 4.75. The number of rotatable bonds is 1. The first kappa shape index (κ1) is 12.9. The second-order valence-corrected chi connectivity index (χ2v) is 4.97. The van der Waals surface area contributed by atoms with E-state index in [1.54, 1.807) is 0 Å². The Morgan fingerprint density at radius 1 is 1.44 bits per heavy atom. The Bertz CT molecular complexity index is 292. The Balaban J connectivity index is 2.57. The lowest BCUT2D eigenvalue weighted by Gasteiger charge is -2.33. The van der Waals surface area contributed by atoms with Crippen LogP contribution < -0.4 is 5.32 Å². The number of ether oxygens (including phenoxy) is 2. The van der Waals surface area contributed by atoms with Crippen molar-refractivity contribution in [3.8, 4) is 12.3 Å². The summed E-state index contributed by atoms with van der Waals surface area (Å²) in [6.45, 7) is 6.59. The Kier molecular flexibility index (Phi) is 3.82. The molecule has 0 saturated carbocycles. The van der Waals surface area contributed by atoms with Crippen molar-refractivity contribution >= 4 is 6.09 Å². The monoisotopic (exact) mass is 225 g/mol. The highest BCUT2D eigenvalue weighted by Gasteiger charge is 2.33. The third-order valence-corrected chi connectivity index (χ3v) is 2.36. The molecule has 90 valence electrons. The Morgan fingerprint density at radius 3 is 2.44 bits per heavy atom. The van der Waals surface area contributed by atoms with Crippen LogP contribution in [0, 0.1) is 12.3 Å². The normalized spacial score (nSPS) is 19.6. The SMILES string of the molecule is C#CC1(NC(=O)OC(C)(C)C)CCOCC1. The third-order valence-electron chi connectivity index (χ3n) is 2.36. The molecule has 1 amide bonds. The van der Waals surface area contributed by atoms with E-state index in [-0.39, 0.29) is 0 Å². The zero-order valence-corrected chi connectivity index (χ0v) is 10.1. The molecule has 0 aliphatic carbocycles. The van der Waals surface area contributed by atoms with Gasteiger partial charge in [-0.15, -0.1) is 6.42 Å². The minimum Gasteiger partial charge on any atom is -0.444 e. The third kappa shape index (κ3) is 3.74. The molecule has 1 aliphatic heterocycles. The van der Waals surface area contributed by atoms with Crippen LogP contribution in [0.4, 0.5) is 4.79 Å². The number of alkyl carbamates (subject to hydrolysis) is 1. The summed E-state index contributed by atoms with van der Waals surface area (Å²) in [4.78, 5) is 11.6. The highest BCUT2D eigenvalue weighted by Crippen LogP contribution is 2.20. The Labute approximate surface area is 96.7 Å². The van der Waals surface area contributed by atoms with Crippen LogP contribution in [0.2, 0.25) is 0 Å². The van der Waals surface area contributed by atoms with Gasteiger partial charge in [0.05, 0.1) is 0 Å². The minimum absolute atomic E-state index is 0.465. The summed E-state index contributed by atoms with van der Waals surface area (Å²) >= 11 is 0. The average molecular weight is 225 g/mol. The van der Waals surface area contributed by atoms with E-state index >= 15 is 0 Å². The quantitative estimate of drug-likeness (QED) is 0.691. The van der Waals surface area contributed by atoms with Crippen LogP contribution in [0.1, 0.15) is 33.6 Å². The van der Waals surface area contributed by atoms with Gasteiger partial charge in [0, 0.05) is 26.1 Å². The van der Waals surface area contributed by atoms with Crippen LogP contribution in [0.15, 0.2) is 0 Å². The average Bonchev–Trinajstić information content (AvgIpc) is 2.16. The molecule has 1 aliphatic rings. The maximum Gasteiger partial charge on any atom is 0.408 e. The van der Waals surface area contributed by atoms with Crippen LogP contribution in [0.25, 0.3) is 0 Å². The Hall–Kier alpha value is -1.21. The molecular formula is C12H19NO3. The van der Waals surface area contributed by atoms with Gasteiger partial charge in [-0.2, -0.15) is 0 Å². The molecule has 16 heavy (non-hydrogen) atoms. The molecule has 1 rings (SSSR count). The number of amides is 1. The number of carbonyl (C=O) groups is 1. The van der Waals surface area contributed by atoms with E-state index in [9.17, 15) is 4.79 Å². The lowest BCUT2D eigenvalue weighted by atomic mass is 9.91. The van der Waals surface area contributed by atoms with Gasteiger partial charge >= 0.3 is 6.09 Å². The minimum atomic E-state index is -0.611. The summed E-state index contributed by atoms with van der Waals surface area (Å²) in [5, 5.41) is 2.76. The first-order valence-corrected chi connectivity index (χ1v) is 5.44.